The van der Waals surface area contributed by atoms with Gasteiger partial charge in [-0.1, -0.05) is 12.1 Å². The van der Waals surface area contributed by atoms with Gasteiger partial charge in [-0.3, -0.25) is 9.69 Å². The number of nitrogens with one attached hydrogen (secondary N) is 1. The SMILES string of the molecule is COc1cc(N2CCC(N3CCOCC3)CC2)ccc1Nc1nc(C)c2c(n1)N(C)c1ccccc1C(=O)N2C. The maximum absolute atomic E-state index is 13.2. The van der Waals surface area contributed by atoms with E-state index in [1.165, 1.54) is 0 Å². The molecule has 0 atom stereocenters. The summed E-state index contributed by atoms with van der Waals surface area (Å²) in [4.78, 5) is 31.4. The fraction of sp³-hybridized carbons (Fsp3) is 0.433. The van der Waals surface area contributed by atoms with Crippen LogP contribution in [0, 0.1) is 6.92 Å². The summed E-state index contributed by atoms with van der Waals surface area (Å²) in [6, 6.07) is 14.5. The lowest BCUT2D eigenvalue weighted by Crippen LogP contribution is -2.49. The van der Waals surface area contributed by atoms with Crippen LogP contribution in [0.4, 0.5) is 34.5 Å². The van der Waals surface area contributed by atoms with Crippen LogP contribution in [0.2, 0.25) is 0 Å². The molecular weight excluding hydrogens is 506 g/mol. The Bertz CT molecular complexity index is 1400. The summed E-state index contributed by atoms with van der Waals surface area (Å²) in [5.41, 5.74) is 4.78. The molecule has 0 bridgehead atoms. The van der Waals surface area contributed by atoms with E-state index in [0.29, 0.717) is 34.8 Å². The van der Waals surface area contributed by atoms with Crippen molar-refractivity contribution in [2.75, 3.05) is 80.6 Å². The first-order valence-corrected chi connectivity index (χ1v) is 14.0. The van der Waals surface area contributed by atoms with E-state index in [-0.39, 0.29) is 5.91 Å². The van der Waals surface area contributed by atoms with Crippen LogP contribution >= 0.6 is 0 Å². The molecule has 1 N–H and O–H groups in total. The van der Waals surface area contributed by atoms with Crippen LogP contribution in [0.1, 0.15) is 28.9 Å². The van der Waals surface area contributed by atoms with Gasteiger partial charge in [0.25, 0.3) is 5.91 Å². The molecule has 10 nitrogen and oxygen atoms in total. The summed E-state index contributed by atoms with van der Waals surface area (Å²) in [5, 5.41) is 3.37. The van der Waals surface area contributed by atoms with Gasteiger partial charge < -0.3 is 29.5 Å². The van der Waals surface area contributed by atoms with E-state index in [4.69, 9.17) is 19.4 Å². The average molecular weight is 544 g/mol. The number of para-hydroxylation sites is 1. The Kier molecular flexibility index (Phi) is 7.20. The first-order valence-electron chi connectivity index (χ1n) is 14.0. The van der Waals surface area contributed by atoms with E-state index >= 15 is 0 Å². The topological polar surface area (TPSA) is 86.3 Å². The number of anilines is 6. The van der Waals surface area contributed by atoms with Crippen LogP contribution < -0.4 is 24.8 Å². The number of benzene rings is 2. The molecule has 1 aromatic heterocycles. The summed E-state index contributed by atoms with van der Waals surface area (Å²) in [6.45, 7) is 7.71. The number of aryl methyl sites for hydroxylation is 1. The predicted molar refractivity (Wildman–Crippen MR) is 158 cm³/mol. The molecule has 3 aromatic rings. The highest BCUT2D eigenvalue weighted by molar-refractivity contribution is 6.13. The van der Waals surface area contributed by atoms with E-state index in [1.54, 1.807) is 19.1 Å². The van der Waals surface area contributed by atoms with Crippen LogP contribution in [0.5, 0.6) is 5.75 Å². The summed E-state index contributed by atoms with van der Waals surface area (Å²) >= 11 is 0. The highest BCUT2D eigenvalue weighted by Gasteiger charge is 2.31. The number of fused-ring (bicyclic) bond motifs is 2. The third-order valence-electron chi connectivity index (χ3n) is 8.32. The zero-order chi connectivity index (χ0) is 27.8. The molecule has 0 aliphatic carbocycles. The molecule has 0 radical (unpaired) electrons. The van der Waals surface area contributed by atoms with Crippen molar-refractivity contribution in [1.29, 1.82) is 0 Å². The molecule has 0 unspecified atom stereocenters. The molecule has 3 aliphatic rings. The normalized spacial score (nSPS) is 18.3. The maximum Gasteiger partial charge on any atom is 0.260 e. The Hall–Kier alpha value is -3.89. The molecule has 10 heteroatoms. The Labute approximate surface area is 235 Å². The van der Waals surface area contributed by atoms with Gasteiger partial charge in [0.1, 0.15) is 11.4 Å². The average Bonchev–Trinajstić information content (AvgIpc) is 3.07. The number of hydrogen-bond donors (Lipinski definition) is 1. The molecular formula is C30H37N7O3. The van der Waals surface area contributed by atoms with Gasteiger partial charge in [0.15, 0.2) is 5.82 Å². The highest BCUT2D eigenvalue weighted by Crippen LogP contribution is 2.40. The quantitative estimate of drug-likeness (QED) is 0.509. The first kappa shape index (κ1) is 26.3. The minimum atomic E-state index is -0.0835. The lowest BCUT2D eigenvalue weighted by atomic mass is 10.0. The number of nitrogens with zero attached hydrogens (tertiary/aromatic N) is 6. The van der Waals surface area contributed by atoms with Crippen molar-refractivity contribution in [3.05, 3.63) is 53.7 Å². The molecule has 0 saturated carbocycles. The zero-order valence-electron chi connectivity index (χ0n) is 23.7. The van der Waals surface area contributed by atoms with Gasteiger partial charge >= 0.3 is 0 Å². The number of rotatable bonds is 5. The van der Waals surface area contributed by atoms with Crippen LogP contribution in [0.3, 0.4) is 0 Å². The van der Waals surface area contributed by atoms with Crippen LogP contribution in [0.15, 0.2) is 42.5 Å². The number of carbonyl (C=O) groups excluding carboxylic acids is 1. The van der Waals surface area contributed by atoms with Crippen molar-refractivity contribution in [3.63, 3.8) is 0 Å². The van der Waals surface area contributed by atoms with Crippen molar-refractivity contribution < 1.29 is 14.3 Å². The summed E-state index contributed by atoms with van der Waals surface area (Å²) in [7, 11) is 5.38. The highest BCUT2D eigenvalue weighted by atomic mass is 16.5. The molecule has 210 valence electrons. The smallest absolute Gasteiger partial charge is 0.260 e. The minimum Gasteiger partial charge on any atom is -0.494 e. The van der Waals surface area contributed by atoms with Crippen molar-refractivity contribution in [2.45, 2.75) is 25.8 Å². The number of carbonyl (C=O) groups is 1. The second kappa shape index (κ2) is 10.9. The zero-order valence-corrected chi connectivity index (χ0v) is 23.7. The van der Waals surface area contributed by atoms with Crippen molar-refractivity contribution >= 4 is 40.4 Å². The number of ether oxygens (including phenoxy) is 2. The number of morpholine rings is 1. The molecule has 0 spiro atoms. The van der Waals surface area contributed by atoms with E-state index in [1.807, 2.05) is 49.2 Å². The van der Waals surface area contributed by atoms with Gasteiger partial charge in [0.05, 0.1) is 43.0 Å². The maximum atomic E-state index is 13.2. The lowest BCUT2D eigenvalue weighted by molar-refractivity contribution is 0.0115. The second-order valence-electron chi connectivity index (χ2n) is 10.6. The van der Waals surface area contributed by atoms with Crippen molar-refractivity contribution in [1.82, 2.24) is 14.9 Å². The number of methoxy groups -OCH3 is 1. The van der Waals surface area contributed by atoms with E-state index in [9.17, 15) is 4.79 Å². The van der Waals surface area contributed by atoms with Crippen LogP contribution in [-0.2, 0) is 4.74 Å². The summed E-state index contributed by atoms with van der Waals surface area (Å²) in [6.07, 6.45) is 2.30. The second-order valence-corrected chi connectivity index (χ2v) is 10.6. The summed E-state index contributed by atoms with van der Waals surface area (Å²) < 4.78 is 11.3. The Morgan fingerprint density at radius 3 is 2.48 bits per heavy atom. The number of aromatic nitrogens is 2. The molecule has 3 aliphatic heterocycles. The standard InChI is InChI=1S/C30H37N7O3/c1-20-27-28(34(2)25-8-6-5-7-23(25)29(38)35(27)3)33-30(31-20)32-24-10-9-22(19-26(24)39-4)36-13-11-21(12-14-36)37-15-17-40-18-16-37/h5-10,19,21H,11-18H2,1-4H3,(H,31,32,33). The molecule has 1 amide bonds. The Morgan fingerprint density at radius 1 is 0.975 bits per heavy atom. The number of hydrogen-bond acceptors (Lipinski definition) is 9. The summed E-state index contributed by atoms with van der Waals surface area (Å²) in [5.74, 6) is 1.75. The van der Waals surface area contributed by atoms with E-state index in [2.05, 4.69) is 27.2 Å². The largest absolute Gasteiger partial charge is 0.494 e. The van der Waals surface area contributed by atoms with E-state index < -0.39 is 0 Å². The first-order chi connectivity index (χ1) is 19.4. The fourth-order valence-corrected chi connectivity index (χ4v) is 6.11. The van der Waals surface area contributed by atoms with Crippen molar-refractivity contribution in [3.8, 4) is 5.75 Å². The van der Waals surface area contributed by atoms with Crippen LogP contribution in [-0.4, -0.2) is 87.4 Å². The lowest BCUT2D eigenvalue weighted by Gasteiger charge is -2.40. The number of piperidine rings is 1. The van der Waals surface area contributed by atoms with Gasteiger partial charge in [-0.15, -0.1) is 0 Å². The molecule has 2 fully saturated rings. The van der Waals surface area contributed by atoms with Crippen molar-refractivity contribution in [2.24, 2.45) is 0 Å². The van der Waals surface area contributed by atoms with E-state index in [0.717, 1.165) is 75.0 Å². The third-order valence-corrected chi connectivity index (χ3v) is 8.32. The molecule has 6 rings (SSSR count). The molecule has 2 aromatic carbocycles. The van der Waals surface area contributed by atoms with Gasteiger partial charge in [-0.05, 0) is 44.0 Å². The molecule has 40 heavy (non-hydrogen) atoms. The Balaban J connectivity index is 1.23. The van der Waals surface area contributed by atoms with Gasteiger partial charge in [-0.2, -0.15) is 4.98 Å². The predicted octanol–water partition coefficient (Wildman–Crippen LogP) is 4.20. The Morgan fingerprint density at radius 2 is 1.73 bits per heavy atom. The number of amides is 1. The monoisotopic (exact) mass is 543 g/mol. The van der Waals surface area contributed by atoms with Gasteiger partial charge in [0.2, 0.25) is 5.95 Å². The molecule has 4 heterocycles. The van der Waals surface area contributed by atoms with Gasteiger partial charge in [-0.25, -0.2) is 4.98 Å². The van der Waals surface area contributed by atoms with Gasteiger partial charge in [0, 0.05) is 58.1 Å². The minimum absolute atomic E-state index is 0.0835. The fourth-order valence-electron chi connectivity index (χ4n) is 6.11. The van der Waals surface area contributed by atoms with Crippen LogP contribution in [0.25, 0.3) is 0 Å². The molecule has 2 saturated heterocycles. The third kappa shape index (κ3) is 4.82.